The molecule has 144 valence electrons. The summed E-state index contributed by atoms with van der Waals surface area (Å²) in [6, 6.07) is 3.47. The zero-order valence-corrected chi connectivity index (χ0v) is 18.0. The summed E-state index contributed by atoms with van der Waals surface area (Å²) < 4.78 is 0. The summed E-state index contributed by atoms with van der Waals surface area (Å²) in [6.07, 6.45) is 1.65. The molecule has 1 saturated carbocycles. The second kappa shape index (κ2) is 5.88. The van der Waals surface area contributed by atoms with Gasteiger partial charge in [-0.3, -0.25) is 4.79 Å². The number of fused-ring (bicyclic) bond motifs is 6. The van der Waals surface area contributed by atoms with Gasteiger partial charge < -0.3 is 5.32 Å². The first-order valence-corrected chi connectivity index (χ1v) is 10.8. The molecule has 2 aromatic heterocycles. The van der Waals surface area contributed by atoms with E-state index in [-0.39, 0.29) is 17.2 Å². The molecular weight excluding hydrogens is 415 g/mol. The number of thiazole rings is 1. The number of nitrogens with zero attached hydrogens (tertiary/aromatic N) is 3. The number of carbonyl (C=O) groups is 1. The number of aryl methyl sites for hydroxylation is 1. The molecule has 2 aliphatic carbocycles. The second-order valence-corrected chi connectivity index (χ2v) is 9.85. The van der Waals surface area contributed by atoms with E-state index in [9.17, 15) is 4.79 Å². The summed E-state index contributed by atoms with van der Waals surface area (Å²) >= 11 is 13.8. The van der Waals surface area contributed by atoms with E-state index >= 15 is 0 Å². The predicted molar refractivity (Wildman–Crippen MR) is 112 cm³/mol. The number of benzene rings is 1. The van der Waals surface area contributed by atoms with Crippen molar-refractivity contribution in [3.8, 4) is 0 Å². The zero-order chi connectivity index (χ0) is 19.8. The summed E-state index contributed by atoms with van der Waals surface area (Å²) in [4.78, 5) is 27.7. The average molecular weight is 433 g/mol. The van der Waals surface area contributed by atoms with Crippen molar-refractivity contribution in [2.75, 3.05) is 5.32 Å². The summed E-state index contributed by atoms with van der Waals surface area (Å²) in [5.74, 6) is 0.124. The maximum atomic E-state index is 13.6. The van der Waals surface area contributed by atoms with Gasteiger partial charge in [-0.2, -0.15) is 0 Å². The summed E-state index contributed by atoms with van der Waals surface area (Å²) in [6.45, 7) is 6.20. The van der Waals surface area contributed by atoms with E-state index in [2.05, 4.69) is 24.1 Å². The molecule has 1 amide bonds. The van der Waals surface area contributed by atoms with E-state index in [0.717, 1.165) is 29.9 Å². The van der Waals surface area contributed by atoms with Crippen LogP contribution in [0.3, 0.4) is 0 Å². The lowest BCUT2D eigenvalue weighted by atomic mass is 9.67. The van der Waals surface area contributed by atoms with E-state index in [0.29, 0.717) is 26.2 Å². The number of halogens is 2. The molecule has 0 aliphatic heterocycles. The van der Waals surface area contributed by atoms with Crippen molar-refractivity contribution in [3.05, 3.63) is 44.6 Å². The van der Waals surface area contributed by atoms with Crippen molar-refractivity contribution in [2.45, 2.75) is 44.9 Å². The van der Waals surface area contributed by atoms with Crippen LogP contribution in [0.1, 0.15) is 49.7 Å². The standard InChI is InChI=1S/C20H18Cl2N4OS/c1-9-8-28-18(23-9)26-17(27)20-5-4-10(19(20,2)3)15-16(20)25-14-7-12(22)11(21)6-13(14)24-15/h6-8,10H,4-5H2,1-3H3,(H,23,26,27). The minimum Gasteiger partial charge on any atom is -0.301 e. The Morgan fingerprint density at radius 2 is 1.86 bits per heavy atom. The van der Waals surface area contributed by atoms with Gasteiger partial charge in [-0.15, -0.1) is 11.3 Å². The monoisotopic (exact) mass is 432 g/mol. The third-order valence-corrected chi connectivity index (χ3v) is 8.07. The van der Waals surface area contributed by atoms with E-state index in [1.165, 1.54) is 11.3 Å². The predicted octanol–water partition coefficient (Wildman–Crippen LogP) is 5.50. The van der Waals surface area contributed by atoms with Crippen LogP contribution in [-0.4, -0.2) is 20.9 Å². The highest BCUT2D eigenvalue weighted by molar-refractivity contribution is 7.13. The van der Waals surface area contributed by atoms with Gasteiger partial charge in [0.2, 0.25) is 5.91 Å². The number of amides is 1. The fourth-order valence-electron chi connectivity index (χ4n) is 4.99. The smallest absolute Gasteiger partial charge is 0.239 e. The van der Waals surface area contributed by atoms with Crippen molar-refractivity contribution in [1.82, 2.24) is 15.0 Å². The third-order valence-electron chi connectivity index (χ3n) is 6.47. The lowest BCUT2D eigenvalue weighted by Crippen LogP contribution is -2.46. The Kier molecular flexibility index (Phi) is 3.84. The molecule has 2 bridgehead atoms. The molecule has 1 fully saturated rings. The number of hydrogen-bond acceptors (Lipinski definition) is 5. The topological polar surface area (TPSA) is 67.8 Å². The van der Waals surface area contributed by atoms with Gasteiger partial charge in [0.25, 0.3) is 0 Å². The molecular formula is C20H18Cl2N4OS. The van der Waals surface area contributed by atoms with Crippen molar-refractivity contribution >= 4 is 56.6 Å². The first kappa shape index (κ1) is 18.3. The quantitative estimate of drug-likeness (QED) is 0.580. The molecule has 2 unspecified atom stereocenters. The number of rotatable bonds is 2. The molecule has 5 nitrogen and oxygen atoms in total. The zero-order valence-electron chi connectivity index (χ0n) is 15.6. The van der Waals surface area contributed by atoms with Crippen LogP contribution >= 0.6 is 34.5 Å². The van der Waals surface area contributed by atoms with Crippen molar-refractivity contribution < 1.29 is 4.79 Å². The van der Waals surface area contributed by atoms with E-state index in [1.54, 1.807) is 12.1 Å². The molecule has 2 atom stereocenters. The fraction of sp³-hybridized carbons (Fsp3) is 0.400. The van der Waals surface area contributed by atoms with Crippen LogP contribution in [0.4, 0.5) is 5.13 Å². The van der Waals surface area contributed by atoms with Gasteiger partial charge in [0.05, 0.1) is 43.6 Å². The van der Waals surface area contributed by atoms with Crippen LogP contribution in [-0.2, 0) is 10.2 Å². The molecule has 0 spiro atoms. The Balaban J connectivity index is 1.69. The number of hydrogen-bond donors (Lipinski definition) is 1. The van der Waals surface area contributed by atoms with E-state index in [1.807, 2.05) is 12.3 Å². The van der Waals surface area contributed by atoms with E-state index < -0.39 is 5.41 Å². The van der Waals surface area contributed by atoms with Crippen LogP contribution in [0.2, 0.25) is 10.0 Å². The van der Waals surface area contributed by atoms with E-state index in [4.69, 9.17) is 33.2 Å². The molecule has 5 rings (SSSR count). The van der Waals surface area contributed by atoms with Gasteiger partial charge in [0.15, 0.2) is 5.13 Å². The number of nitrogens with one attached hydrogen (secondary N) is 1. The van der Waals surface area contributed by atoms with Crippen LogP contribution in [0.25, 0.3) is 11.0 Å². The maximum absolute atomic E-state index is 13.6. The highest BCUT2D eigenvalue weighted by atomic mass is 35.5. The van der Waals surface area contributed by atoms with Gasteiger partial charge in [-0.25, -0.2) is 15.0 Å². The molecule has 0 saturated heterocycles. The highest BCUT2D eigenvalue weighted by Gasteiger charge is 2.68. The summed E-state index contributed by atoms with van der Waals surface area (Å²) in [7, 11) is 0. The highest BCUT2D eigenvalue weighted by Crippen LogP contribution is 2.67. The molecule has 2 aliphatic rings. The molecule has 1 aromatic carbocycles. The first-order chi connectivity index (χ1) is 13.2. The van der Waals surface area contributed by atoms with Crippen LogP contribution in [0.5, 0.6) is 0 Å². The minimum absolute atomic E-state index is 0.0539. The normalized spacial score (nSPS) is 24.5. The number of aromatic nitrogens is 3. The lowest BCUT2D eigenvalue weighted by molar-refractivity contribution is -0.124. The molecule has 28 heavy (non-hydrogen) atoms. The SMILES string of the molecule is Cc1csc(NC(=O)C23CCC(c4nc5cc(Cl)c(Cl)cc5nc42)C3(C)C)n1. The van der Waals surface area contributed by atoms with Crippen molar-refractivity contribution in [2.24, 2.45) is 5.41 Å². The second-order valence-electron chi connectivity index (χ2n) is 8.18. The molecule has 0 radical (unpaired) electrons. The van der Waals surface area contributed by atoms with Gasteiger partial charge in [-0.1, -0.05) is 37.0 Å². The molecule has 8 heteroatoms. The Labute approximate surface area is 176 Å². The summed E-state index contributed by atoms with van der Waals surface area (Å²) in [5.41, 5.74) is 2.91. The first-order valence-electron chi connectivity index (χ1n) is 9.15. The van der Waals surface area contributed by atoms with Crippen LogP contribution in [0.15, 0.2) is 17.5 Å². The fourth-order valence-corrected chi connectivity index (χ4v) is 5.99. The summed E-state index contributed by atoms with van der Waals surface area (Å²) in [5, 5.41) is 6.48. The number of carbonyl (C=O) groups excluding carboxylic acids is 1. The minimum atomic E-state index is -0.736. The third kappa shape index (κ3) is 2.25. The average Bonchev–Trinajstić information content (AvgIpc) is 3.21. The maximum Gasteiger partial charge on any atom is 0.239 e. The van der Waals surface area contributed by atoms with Crippen LogP contribution < -0.4 is 5.32 Å². The molecule has 2 heterocycles. The van der Waals surface area contributed by atoms with Gasteiger partial charge in [0, 0.05) is 11.3 Å². The van der Waals surface area contributed by atoms with Gasteiger partial charge in [0.1, 0.15) is 0 Å². The Bertz CT molecular complexity index is 1160. The van der Waals surface area contributed by atoms with Crippen molar-refractivity contribution in [3.63, 3.8) is 0 Å². The Morgan fingerprint density at radius 3 is 2.50 bits per heavy atom. The number of anilines is 1. The Morgan fingerprint density at radius 1 is 1.18 bits per heavy atom. The van der Waals surface area contributed by atoms with Crippen molar-refractivity contribution in [1.29, 1.82) is 0 Å². The van der Waals surface area contributed by atoms with Crippen LogP contribution in [0, 0.1) is 12.3 Å². The van der Waals surface area contributed by atoms with Gasteiger partial charge >= 0.3 is 0 Å². The largest absolute Gasteiger partial charge is 0.301 e. The van der Waals surface area contributed by atoms with Gasteiger partial charge in [-0.05, 0) is 37.3 Å². The molecule has 1 N–H and O–H groups in total. The Hall–Kier alpha value is -1.76. The lowest BCUT2D eigenvalue weighted by Gasteiger charge is -2.36. The molecule has 3 aromatic rings.